The standard InChI is InChI=1S/C29H21N7O4S/c1-17-4-8-21(9-5-17)41(38,39)35-13-12-18-15-19(6-10-23(18)35)26-27(25-3-2-14-40-25)31-29(30)32-28(26)36-24-11-7-20(37)16-22(24)33-34-36/h2-16,37H,1H3,(H2,30,31,32). The number of aryl methyl sites for hydroxylation is 1. The number of furan rings is 1. The average Bonchev–Trinajstić information content (AvgIpc) is 3.72. The Morgan fingerprint density at radius 3 is 2.51 bits per heavy atom. The maximum absolute atomic E-state index is 13.5. The third-order valence-electron chi connectivity index (χ3n) is 6.81. The van der Waals surface area contributed by atoms with Crippen molar-refractivity contribution in [1.29, 1.82) is 0 Å². The summed E-state index contributed by atoms with van der Waals surface area (Å²) in [5.41, 5.74) is 10.3. The van der Waals surface area contributed by atoms with Gasteiger partial charge in [0.2, 0.25) is 5.95 Å². The molecule has 11 nitrogen and oxygen atoms in total. The summed E-state index contributed by atoms with van der Waals surface area (Å²) in [6.45, 7) is 1.90. The Balaban J connectivity index is 1.45. The SMILES string of the molecule is Cc1ccc(S(=O)(=O)n2ccc3cc(-c4c(-c5ccco5)nc(N)nc4-n4nnc5cc(O)ccc54)ccc32)cc1. The van der Waals surface area contributed by atoms with Gasteiger partial charge in [0.25, 0.3) is 10.0 Å². The molecular weight excluding hydrogens is 542 g/mol. The summed E-state index contributed by atoms with van der Waals surface area (Å²) >= 11 is 0. The Bertz CT molecular complexity index is 2200. The number of benzene rings is 3. The highest BCUT2D eigenvalue weighted by Crippen LogP contribution is 2.38. The van der Waals surface area contributed by atoms with E-state index in [1.165, 1.54) is 33.2 Å². The monoisotopic (exact) mass is 563 g/mol. The van der Waals surface area contributed by atoms with E-state index in [1.54, 1.807) is 60.7 Å². The molecule has 12 heteroatoms. The van der Waals surface area contributed by atoms with Gasteiger partial charge in [-0.25, -0.2) is 17.4 Å². The van der Waals surface area contributed by atoms with Gasteiger partial charge in [-0.15, -0.1) is 5.10 Å². The fraction of sp³-hybridized carbons (Fsp3) is 0.0345. The van der Waals surface area contributed by atoms with Crippen molar-refractivity contribution in [3.05, 3.63) is 96.9 Å². The van der Waals surface area contributed by atoms with E-state index in [4.69, 9.17) is 10.2 Å². The van der Waals surface area contributed by atoms with Gasteiger partial charge in [0.05, 0.1) is 27.8 Å². The molecule has 7 aromatic rings. The summed E-state index contributed by atoms with van der Waals surface area (Å²) in [6.07, 6.45) is 3.07. The summed E-state index contributed by atoms with van der Waals surface area (Å²) in [5.74, 6) is 0.841. The second-order valence-corrected chi connectivity index (χ2v) is 11.3. The van der Waals surface area contributed by atoms with Crippen molar-refractivity contribution >= 4 is 37.9 Å². The van der Waals surface area contributed by atoms with E-state index < -0.39 is 10.0 Å². The van der Waals surface area contributed by atoms with Crippen LogP contribution in [0.4, 0.5) is 5.95 Å². The van der Waals surface area contributed by atoms with Gasteiger partial charge in [-0.1, -0.05) is 29.0 Å². The Hall–Kier alpha value is -5.49. The van der Waals surface area contributed by atoms with E-state index in [1.807, 2.05) is 13.0 Å². The van der Waals surface area contributed by atoms with E-state index >= 15 is 0 Å². The van der Waals surface area contributed by atoms with Crippen LogP contribution in [0.25, 0.3) is 50.3 Å². The predicted molar refractivity (Wildman–Crippen MR) is 153 cm³/mol. The van der Waals surface area contributed by atoms with E-state index in [0.717, 1.165) is 5.56 Å². The Labute approximate surface area is 233 Å². The van der Waals surface area contributed by atoms with Crippen molar-refractivity contribution in [1.82, 2.24) is 28.9 Å². The van der Waals surface area contributed by atoms with Crippen LogP contribution in [-0.2, 0) is 10.0 Å². The second kappa shape index (κ2) is 9.03. The number of anilines is 1. The van der Waals surface area contributed by atoms with Crippen LogP contribution in [0.3, 0.4) is 0 Å². The minimum atomic E-state index is -3.82. The van der Waals surface area contributed by atoms with Crippen molar-refractivity contribution in [2.24, 2.45) is 0 Å². The van der Waals surface area contributed by atoms with Gasteiger partial charge in [-0.2, -0.15) is 9.67 Å². The molecule has 3 aromatic carbocycles. The van der Waals surface area contributed by atoms with Crippen LogP contribution in [0.15, 0.2) is 101 Å². The van der Waals surface area contributed by atoms with E-state index in [9.17, 15) is 13.5 Å². The average molecular weight is 564 g/mol. The number of nitrogen functional groups attached to an aromatic ring is 1. The number of aromatic hydroxyl groups is 1. The number of nitrogens with two attached hydrogens (primary N) is 1. The molecule has 0 aliphatic heterocycles. The van der Waals surface area contributed by atoms with Gasteiger partial charge in [0.1, 0.15) is 17.0 Å². The third kappa shape index (κ3) is 4.00. The number of fused-ring (bicyclic) bond motifs is 2. The zero-order valence-electron chi connectivity index (χ0n) is 21.5. The largest absolute Gasteiger partial charge is 0.508 e. The molecule has 0 unspecified atom stereocenters. The highest BCUT2D eigenvalue weighted by molar-refractivity contribution is 7.90. The Kier molecular flexibility index (Phi) is 5.41. The van der Waals surface area contributed by atoms with Crippen LogP contribution in [0, 0.1) is 6.92 Å². The molecule has 4 aromatic heterocycles. The molecule has 4 heterocycles. The lowest BCUT2D eigenvalue weighted by molar-refractivity contribution is 0.476. The van der Waals surface area contributed by atoms with Crippen LogP contribution in [0.2, 0.25) is 0 Å². The van der Waals surface area contributed by atoms with Crippen molar-refractivity contribution in [2.75, 3.05) is 5.73 Å². The molecule has 0 bridgehead atoms. The van der Waals surface area contributed by atoms with E-state index in [0.29, 0.717) is 50.3 Å². The summed E-state index contributed by atoms with van der Waals surface area (Å²) in [7, 11) is -3.82. The molecule has 0 aliphatic rings. The molecule has 0 saturated carbocycles. The van der Waals surface area contributed by atoms with Crippen molar-refractivity contribution in [3.8, 4) is 34.1 Å². The highest BCUT2D eigenvalue weighted by Gasteiger charge is 2.24. The van der Waals surface area contributed by atoms with Gasteiger partial charge in [-0.3, -0.25) is 0 Å². The fourth-order valence-electron chi connectivity index (χ4n) is 4.85. The molecular formula is C29H21N7O4S. The first kappa shape index (κ1) is 24.5. The van der Waals surface area contributed by atoms with Gasteiger partial charge in [0, 0.05) is 17.6 Å². The van der Waals surface area contributed by atoms with Gasteiger partial charge in [0.15, 0.2) is 11.6 Å². The lowest BCUT2D eigenvalue weighted by Crippen LogP contribution is -2.11. The summed E-state index contributed by atoms with van der Waals surface area (Å²) < 4.78 is 35.4. The first-order valence-corrected chi connectivity index (χ1v) is 13.9. The number of nitrogens with zero attached hydrogens (tertiary/aromatic N) is 6. The molecule has 0 amide bonds. The Morgan fingerprint density at radius 2 is 1.73 bits per heavy atom. The first-order chi connectivity index (χ1) is 19.8. The van der Waals surface area contributed by atoms with Crippen LogP contribution < -0.4 is 5.73 Å². The maximum atomic E-state index is 13.5. The van der Waals surface area contributed by atoms with Gasteiger partial charge >= 0.3 is 0 Å². The number of hydrogen-bond acceptors (Lipinski definition) is 9. The van der Waals surface area contributed by atoms with Crippen molar-refractivity contribution in [3.63, 3.8) is 0 Å². The smallest absolute Gasteiger partial charge is 0.268 e. The number of rotatable bonds is 5. The maximum Gasteiger partial charge on any atom is 0.268 e. The topological polar surface area (TPSA) is 155 Å². The minimum absolute atomic E-state index is 0.00556. The lowest BCUT2D eigenvalue weighted by atomic mass is 10.0. The molecule has 0 fully saturated rings. The number of phenolic OH excluding ortho intramolecular Hbond substituents is 1. The summed E-state index contributed by atoms with van der Waals surface area (Å²) in [5, 5.41) is 19.1. The normalized spacial score (nSPS) is 11.9. The summed E-state index contributed by atoms with van der Waals surface area (Å²) in [6, 6.07) is 22.1. The quantitative estimate of drug-likeness (QED) is 0.297. The van der Waals surface area contributed by atoms with Gasteiger partial charge < -0.3 is 15.3 Å². The zero-order chi connectivity index (χ0) is 28.3. The molecule has 0 saturated heterocycles. The van der Waals surface area contributed by atoms with Crippen LogP contribution in [-0.4, -0.2) is 42.5 Å². The number of aromatic nitrogens is 6. The van der Waals surface area contributed by atoms with Crippen molar-refractivity contribution in [2.45, 2.75) is 11.8 Å². The van der Waals surface area contributed by atoms with E-state index in [-0.39, 0.29) is 16.6 Å². The predicted octanol–water partition coefficient (Wildman–Crippen LogP) is 4.93. The summed E-state index contributed by atoms with van der Waals surface area (Å²) in [4.78, 5) is 9.22. The van der Waals surface area contributed by atoms with Gasteiger partial charge in [-0.05, 0) is 67.1 Å². The second-order valence-electron chi connectivity index (χ2n) is 9.48. The Morgan fingerprint density at radius 1 is 0.927 bits per heavy atom. The molecule has 0 aliphatic carbocycles. The molecule has 202 valence electrons. The molecule has 41 heavy (non-hydrogen) atoms. The number of phenols is 1. The molecule has 0 radical (unpaired) electrons. The van der Waals surface area contributed by atoms with Crippen LogP contribution >= 0.6 is 0 Å². The molecule has 3 N–H and O–H groups in total. The molecule has 7 rings (SSSR count). The first-order valence-electron chi connectivity index (χ1n) is 12.5. The van der Waals surface area contributed by atoms with Crippen molar-refractivity contribution < 1.29 is 17.9 Å². The number of hydrogen-bond donors (Lipinski definition) is 2. The minimum Gasteiger partial charge on any atom is -0.508 e. The van der Waals surface area contributed by atoms with Crippen LogP contribution in [0.5, 0.6) is 5.75 Å². The van der Waals surface area contributed by atoms with Crippen LogP contribution in [0.1, 0.15) is 5.56 Å². The lowest BCUT2D eigenvalue weighted by Gasteiger charge is -2.14. The third-order valence-corrected chi connectivity index (χ3v) is 8.52. The van der Waals surface area contributed by atoms with E-state index in [2.05, 4.69) is 20.3 Å². The zero-order valence-corrected chi connectivity index (χ0v) is 22.3. The highest BCUT2D eigenvalue weighted by atomic mass is 32.2. The molecule has 0 spiro atoms. The fourth-order valence-corrected chi connectivity index (χ4v) is 6.20. The molecule has 0 atom stereocenters.